The van der Waals surface area contributed by atoms with Crippen molar-refractivity contribution in [1.82, 2.24) is 0 Å². The lowest BCUT2D eigenvalue weighted by Crippen LogP contribution is -2.55. The number of para-hydroxylation sites is 1. The number of hydrogen-bond acceptors (Lipinski definition) is 3. The maximum absolute atomic E-state index is 13.9. The molecule has 0 saturated heterocycles. The number of benzene rings is 3. The van der Waals surface area contributed by atoms with Crippen molar-refractivity contribution in [2.45, 2.75) is 50.0 Å². The van der Waals surface area contributed by atoms with Crippen LogP contribution in [0, 0.1) is 0 Å². The van der Waals surface area contributed by atoms with Crippen molar-refractivity contribution in [2.24, 2.45) is 0 Å². The van der Waals surface area contributed by atoms with E-state index in [0.717, 1.165) is 11.1 Å². The summed E-state index contributed by atoms with van der Waals surface area (Å²) in [5.74, 6) is -0.202. The third kappa shape index (κ3) is 3.69. The Morgan fingerprint density at radius 3 is 2.09 bits per heavy atom. The normalized spacial score (nSPS) is 19.8. The van der Waals surface area contributed by atoms with Gasteiger partial charge in [-0.15, -0.1) is 0 Å². The van der Waals surface area contributed by atoms with E-state index < -0.39 is 15.6 Å². The van der Waals surface area contributed by atoms with E-state index >= 15 is 0 Å². The lowest BCUT2D eigenvalue weighted by atomic mass is 9.66. The zero-order valence-corrected chi connectivity index (χ0v) is 19.6. The Labute approximate surface area is 190 Å². The lowest BCUT2D eigenvalue weighted by molar-refractivity contribution is -0.114. The summed E-state index contributed by atoms with van der Waals surface area (Å²) < 4.78 is 29.3. The Balaban J connectivity index is 1.85. The highest BCUT2D eigenvalue weighted by Gasteiger charge is 2.49. The number of sulfonamides is 1. The number of fused-ring (bicyclic) bond motifs is 1. The molecule has 3 aromatic rings. The molecule has 1 aliphatic heterocycles. The third-order valence-electron chi connectivity index (χ3n) is 6.18. The van der Waals surface area contributed by atoms with Gasteiger partial charge in [0.05, 0.1) is 16.1 Å². The molecule has 0 aromatic heterocycles. The number of carbonyl (C=O) groups excluding carboxylic acids is 1. The molecule has 0 spiro atoms. The monoisotopic (exact) mass is 448 g/mol. The van der Waals surface area contributed by atoms with E-state index in [2.05, 4.69) is 24.4 Å². The second kappa shape index (κ2) is 7.78. The van der Waals surface area contributed by atoms with Crippen molar-refractivity contribution in [3.8, 4) is 0 Å². The van der Waals surface area contributed by atoms with Crippen molar-refractivity contribution in [1.29, 1.82) is 0 Å². The minimum absolute atomic E-state index is 0.192. The number of rotatable bonds is 4. The summed E-state index contributed by atoms with van der Waals surface area (Å²) in [5.41, 5.74) is 2.41. The number of amides is 1. The summed E-state index contributed by atoms with van der Waals surface area (Å²) in [6, 6.07) is 24.3. The SMILES string of the molecule is CC(=O)Nc1ccc(S(=O)(=O)N2c3ccccc3[C@@](C)(c3ccccc3)CC2(C)C)cc1. The number of nitrogens with zero attached hydrogens (tertiary/aromatic N) is 1. The zero-order valence-electron chi connectivity index (χ0n) is 18.8. The standard InChI is InChI=1S/C26H28N2O3S/c1-19(29)27-21-14-16-22(17-15-21)32(30,31)28-24-13-9-8-12-23(24)26(4,18-25(28,2)3)20-10-6-5-7-11-20/h5-17H,18H2,1-4H3,(H,27,29)/t26-/m1/s1. The first-order valence-corrected chi connectivity index (χ1v) is 12.1. The van der Waals surface area contributed by atoms with E-state index in [1.165, 1.54) is 6.92 Å². The fourth-order valence-corrected chi connectivity index (χ4v) is 6.84. The topological polar surface area (TPSA) is 66.5 Å². The van der Waals surface area contributed by atoms with Gasteiger partial charge in [-0.05, 0) is 61.7 Å². The molecule has 6 heteroatoms. The van der Waals surface area contributed by atoms with Gasteiger partial charge < -0.3 is 5.32 Å². The highest BCUT2D eigenvalue weighted by molar-refractivity contribution is 7.93. The van der Waals surface area contributed by atoms with Crippen LogP contribution in [0.4, 0.5) is 11.4 Å². The van der Waals surface area contributed by atoms with Gasteiger partial charge in [-0.1, -0.05) is 55.5 Å². The van der Waals surface area contributed by atoms with E-state index in [0.29, 0.717) is 17.8 Å². The van der Waals surface area contributed by atoms with Crippen LogP contribution in [0.3, 0.4) is 0 Å². The van der Waals surface area contributed by atoms with Crippen LogP contribution in [0.5, 0.6) is 0 Å². The summed E-state index contributed by atoms with van der Waals surface area (Å²) >= 11 is 0. The lowest BCUT2D eigenvalue weighted by Gasteiger charge is -2.51. The molecule has 0 saturated carbocycles. The van der Waals surface area contributed by atoms with Crippen molar-refractivity contribution in [2.75, 3.05) is 9.62 Å². The van der Waals surface area contributed by atoms with Gasteiger partial charge in [0.1, 0.15) is 0 Å². The predicted molar refractivity (Wildman–Crippen MR) is 128 cm³/mol. The summed E-state index contributed by atoms with van der Waals surface area (Å²) in [6.07, 6.45) is 0.629. The molecule has 1 heterocycles. The van der Waals surface area contributed by atoms with Crippen LogP contribution in [0.15, 0.2) is 83.8 Å². The van der Waals surface area contributed by atoms with Crippen LogP contribution >= 0.6 is 0 Å². The fourth-order valence-electron chi connectivity index (χ4n) is 5.01. The van der Waals surface area contributed by atoms with Crippen LogP contribution in [0.1, 0.15) is 45.2 Å². The molecule has 0 aliphatic carbocycles. The maximum Gasteiger partial charge on any atom is 0.264 e. The van der Waals surface area contributed by atoms with Crippen molar-refractivity contribution >= 4 is 27.3 Å². The smallest absolute Gasteiger partial charge is 0.264 e. The Morgan fingerprint density at radius 1 is 0.875 bits per heavy atom. The van der Waals surface area contributed by atoms with Gasteiger partial charge in [0, 0.05) is 18.0 Å². The van der Waals surface area contributed by atoms with Gasteiger partial charge in [0.15, 0.2) is 0 Å². The highest BCUT2D eigenvalue weighted by Crippen LogP contribution is 2.51. The molecule has 166 valence electrons. The van der Waals surface area contributed by atoms with Crippen molar-refractivity contribution < 1.29 is 13.2 Å². The maximum atomic E-state index is 13.9. The number of anilines is 2. The molecular weight excluding hydrogens is 420 g/mol. The van der Waals surface area contributed by atoms with Crippen LogP contribution in [-0.2, 0) is 20.2 Å². The Hall–Kier alpha value is -3.12. The van der Waals surface area contributed by atoms with Crippen molar-refractivity contribution in [3.63, 3.8) is 0 Å². The average molecular weight is 449 g/mol. The Bertz CT molecular complexity index is 1250. The quantitative estimate of drug-likeness (QED) is 0.587. The summed E-state index contributed by atoms with van der Waals surface area (Å²) in [4.78, 5) is 11.5. The van der Waals surface area contributed by atoms with Gasteiger partial charge in [0.2, 0.25) is 5.91 Å². The second-order valence-electron chi connectivity index (χ2n) is 9.18. The van der Waals surface area contributed by atoms with E-state index in [1.807, 2.05) is 56.3 Å². The number of carbonyl (C=O) groups is 1. The Kier molecular flexibility index (Phi) is 5.37. The van der Waals surface area contributed by atoms with Gasteiger partial charge in [-0.2, -0.15) is 0 Å². The van der Waals surface area contributed by atoms with Crippen molar-refractivity contribution in [3.05, 3.63) is 90.0 Å². The minimum Gasteiger partial charge on any atom is -0.326 e. The third-order valence-corrected chi connectivity index (χ3v) is 8.22. The van der Waals surface area contributed by atoms with E-state index in [4.69, 9.17) is 0 Å². The predicted octanol–water partition coefficient (Wildman–Crippen LogP) is 5.33. The molecule has 0 unspecified atom stereocenters. The molecule has 32 heavy (non-hydrogen) atoms. The zero-order chi connectivity index (χ0) is 23.1. The number of nitrogens with one attached hydrogen (secondary N) is 1. The van der Waals surface area contributed by atoms with E-state index in [-0.39, 0.29) is 16.2 Å². The number of hydrogen-bond donors (Lipinski definition) is 1. The highest BCUT2D eigenvalue weighted by atomic mass is 32.2. The first kappa shape index (κ1) is 22.1. The van der Waals surface area contributed by atoms with Gasteiger partial charge >= 0.3 is 0 Å². The fraction of sp³-hybridized carbons (Fsp3) is 0.269. The second-order valence-corrected chi connectivity index (χ2v) is 11.0. The molecule has 1 amide bonds. The van der Waals surface area contributed by atoms with Crippen LogP contribution in [-0.4, -0.2) is 19.9 Å². The minimum atomic E-state index is -3.84. The van der Waals surface area contributed by atoms with E-state index in [1.54, 1.807) is 28.6 Å². The van der Waals surface area contributed by atoms with Gasteiger partial charge in [0.25, 0.3) is 10.0 Å². The van der Waals surface area contributed by atoms with Crippen LogP contribution < -0.4 is 9.62 Å². The molecule has 1 N–H and O–H groups in total. The summed E-state index contributed by atoms with van der Waals surface area (Å²) in [6.45, 7) is 7.57. The molecule has 1 aliphatic rings. The molecule has 0 fully saturated rings. The first-order valence-electron chi connectivity index (χ1n) is 10.6. The summed E-state index contributed by atoms with van der Waals surface area (Å²) in [7, 11) is -3.84. The molecule has 1 atom stereocenters. The van der Waals surface area contributed by atoms with E-state index in [9.17, 15) is 13.2 Å². The molecule has 0 bridgehead atoms. The largest absolute Gasteiger partial charge is 0.326 e. The van der Waals surface area contributed by atoms with Gasteiger partial charge in [-0.25, -0.2) is 8.42 Å². The Morgan fingerprint density at radius 2 is 1.47 bits per heavy atom. The average Bonchev–Trinajstić information content (AvgIpc) is 2.73. The molecule has 5 nitrogen and oxygen atoms in total. The molecule has 3 aromatic carbocycles. The van der Waals surface area contributed by atoms with Gasteiger partial charge in [-0.3, -0.25) is 9.10 Å². The molecule has 4 rings (SSSR count). The summed E-state index contributed by atoms with van der Waals surface area (Å²) in [5, 5.41) is 2.68. The van der Waals surface area contributed by atoms with Crippen LogP contribution in [0.2, 0.25) is 0 Å². The molecular formula is C26H28N2O3S. The van der Waals surface area contributed by atoms with Crippen LogP contribution in [0.25, 0.3) is 0 Å². The first-order chi connectivity index (χ1) is 15.1. The molecule has 0 radical (unpaired) electrons.